The summed E-state index contributed by atoms with van der Waals surface area (Å²) in [6, 6.07) is 4.91. The third-order valence-electron chi connectivity index (χ3n) is 3.27. The van der Waals surface area contributed by atoms with Gasteiger partial charge in [0.1, 0.15) is 5.82 Å². The zero-order valence-corrected chi connectivity index (χ0v) is 15.1. The number of carbonyl (C=O) groups excluding carboxylic acids is 3. The molecule has 0 saturated carbocycles. The van der Waals surface area contributed by atoms with Gasteiger partial charge in [-0.3, -0.25) is 19.1 Å². The van der Waals surface area contributed by atoms with Gasteiger partial charge < -0.3 is 15.4 Å². The fraction of sp³-hybridized carbons (Fsp3) is 0.375. The molecule has 2 aromatic heterocycles. The van der Waals surface area contributed by atoms with Crippen molar-refractivity contribution in [1.82, 2.24) is 15.1 Å². The van der Waals surface area contributed by atoms with Gasteiger partial charge in [-0.25, -0.2) is 0 Å². The van der Waals surface area contributed by atoms with Crippen molar-refractivity contribution in [2.24, 2.45) is 7.05 Å². The van der Waals surface area contributed by atoms with E-state index in [4.69, 9.17) is 4.74 Å². The molecule has 1 atom stereocenters. The molecule has 0 bridgehead atoms. The van der Waals surface area contributed by atoms with Crippen molar-refractivity contribution in [3.63, 3.8) is 0 Å². The lowest BCUT2D eigenvalue weighted by Crippen LogP contribution is -2.29. The molecule has 2 amide bonds. The fourth-order valence-corrected chi connectivity index (χ4v) is 3.01. The van der Waals surface area contributed by atoms with Crippen molar-refractivity contribution in [2.75, 3.05) is 11.9 Å². The smallest absolute Gasteiger partial charge is 0.308 e. The Morgan fingerprint density at radius 1 is 1.40 bits per heavy atom. The Morgan fingerprint density at radius 3 is 2.72 bits per heavy atom. The van der Waals surface area contributed by atoms with Gasteiger partial charge in [0.05, 0.1) is 18.2 Å². The van der Waals surface area contributed by atoms with Crippen LogP contribution in [0.3, 0.4) is 0 Å². The number of aromatic nitrogens is 2. The summed E-state index contributed by atoms with van der Waals surface area (Å²) in [6.07, 6.45) is -0.0435. The maximum absolute atomic E-state index is 12.0. The molecule has 0 saturated heterocycles. The minimum absolute atomic E-state index is 0.0435. The summed E-state index contributed by atoms with van der Waals surface area (Å²) < 4.78 is 6.53. The Kier molecular flexibility index (Phi) is 6.29. The van der Waals surface area contributed by atoms with Crippen LogP contribution in [0.1, 0.15) is 30.0 Å². The molecule has 0 aliphatic carbocycles. The molecule has 0 radical (unpaired) electrons. The largest absolute Gasteiger partial charge is 0.455 e. The Hall–Kier alpha value is -2.68. The second-order valence-corrected chi connectivity index (χ2v) is 6.46. The van der Waals surface area contributed by atoms with Crippen molar-refractivity contribution >= 4 is 34.9 Å². The lowest BCUT2D eigenvalue weighted by molar-refractivity contribution is -0.147. The molecule has 0 spiro atoms. The number of nitrogens with one attached hydrogen (secondary N) is 2. The van der Waals surface area contributed by atoms with Crippen LogP contribution in [0.25, 0.3) is 0 Å². The van der Waals surface area contributed by atoms with Crippen LogP contribution in [0, 0.1) is 6.92 Å². The van der Waals surface area contributed by atoms with Crippen LogP contribution in [0.5, 0.6) is 0 Å². The molecule has 0 aliphatic heterocycles. The molecular weight excluding hydrogens is 344 g/mol. The molecule has 2 heterocycles. The van der Waals surface area contributed by atoms with E-state index in [2.05, 4.69) is 15.7 Å². The highest BCUT2D eigenvalue weighted by atomic mass is 32.1. The Balaban J connectivity index is 1.85. The van der Waals surface area contributed by atoms with Crippen LogP contribution < -0.4 is 10.6 Å². The SMILES string of the molecule is CC(=O)NC(CC(=O)OCC(=O)Nc1cc(C)nn1C)c1cccs1. The van der Waals surface area contributed by atoms with Crippen molar-refractivity contribution in [2.45, 2.75) is 26.3 Å². The van der Waals surface area contributed by atoms with Gasteiger partial charge in [0.15, 0.2) is 6.61 Å². The van der Waals surface area contributed by atoms with Crippen molar-refractivity contribution in [1.29, 1.82) is 0 Å². The van der Waals surface area contributed by atoms with E-state index >= 15 is 0 Å². The first-order valence-corrected chi connectivity index (χ1v) is 8.49. The van der Waals surface area contributed by atoms with E-state index in [0.29, 0.717) is 5.82 Å². The van der Waals surface area contributed by atoms with Gasteiger partial charge in [-0.05, 0) is 18.4 Å². The van der Waals surface area contributed by atoms with E-state index in [1.807, 2.05) is 24.4 Å². The number of thiophene rings is 1. The number of amides is 2. The standard InChI is InChI=1S/C16H20N4O4S/c1-10-7-14(20(3)19-10)18-15(22)9-24-16(23)8-12(17-11(2)21)13-5-4-6-25-13/h4-7,12H,8-9H2,1-3H3,(H,17,21)(H,18,22). The first kappa shape index (κ1) is 18.7. The lowest BCUT2D eigenvalue weighted by Gasteiger charge is -2.15. The molecule has 9 heteroatoms. The molecule has 2 aromatic rings. The summed E-state index contributed by atoms with van der Waals surface area (Å²) >= 11 is 1.43. The number of esters is 1. The van der Waals surface area contributed by atoms with E-state index in [1.54, 1.807) is 13.1 Å². The average molecular weight is 364 g/mol. The minimum atomic E-state index is -0.566. The summed E-state index contributed by atoms with van der Waals surface area (Å²) in [5.41, 5.74) is 0.767. The summed E-state index contributed by atoms with van der Waals surface area (Å²) in [5, 5.41) is 11.3. The number of ether oxygens (including phenoxy) is 1. The van der Waals surface area contributed by atoms with Gasteiger partial charge in [-0.2, -0.15) is 5.10 Å². The number of rotatable bonds is 7. The van der Waals surface area contributed by atoms with Gasteiger partial charge in [0, 0.05) is 24.9 Å². The molecule has 1 unspecified atom stereocenters. The van der Waals surface area contributed by atoms with E-state index in [9.17, 15) is 14.4 Å². The number of aryl methyl sites for hydroxylation is 2. The van der Waals surface area contributed by atoms with Crippen LogP contribution in [-0.2, 0) is 26.2 Å². The molecule has 0 aliphatic rings. The normalized spacial score (nSPS) is 11.6. The molecule has 2 rings (SSSR count). The minimum Gasteiger partial charge on any atom is -0.455 e. The lowest BCUT2D eigenvalue weighted by atomic mass is 10.1. The van der Waals surface area contributed by atoms with E-state index in [-0.39, 0.29) is 12.3 Å². The third-order valence-corrected chi connectivity index (χ3v) is 4.25. The molecule has 25 heavy (non-hydrogen) atoms. The predicted octanol–water partition coefficient (Wildman–Crippen LogP) is 1.54. The fourth-order valence-electron chi connectivity index (χ4n) is 2.24. The van der Waals surface area contributed by atoms with E-state index in [0.717, 1.165) is 10.6 Å². The topological polar surface area (TPSA) is 102 Å². The van der Waals surface area contributed by atoms with Crippen LogP contribution in [0.15, 0.2) is 23.6 Å². The molecule has 134 valence electrons. The second-order valence-electron chi connectivity index (χ2n) is 5.48. The highest BCUT2D eigenvalue weighted by molar-refractivity contribution is 7.10. The van der Waals surface area contributed by atoms with E-state index in [1.165, 1.54) is 22.9 Å². The summed E-state index contributed by atoms with van der Waals surface area (Å²) in [5.74, 6) is -0.740. The van der Waals surface area contributed by atoms with Gasteiger partial charge in [0.2, 0.25) is 5.91 Å². The Labute approximate surface area is 149 Å². The summed E-state index contributed by atoms with van der Waals surface area (Å²) in [6.45, 7) is 2.79. The zero-order chi connectivity index (χ0) is 18.4. The molecule has 2 N–H and O–H groups in total. The van der Waals surface area contributed by atoms with Gasteiger partial charge in [-0.1, -0.05) is 6.07 Å². The van der Waals surface area contributed by atoms with Crippen LogP contribution in [0.4, 0.5) is 5.82 Å². The maximum Gasteiger partial charge on any atom is 0.308 e. The monoisotopic (exact) mass is 364 g/mol. The number of hydrogen-bond donors (Lipinski definition) is 2. The molecular formula is C16H20N4O4S. The highest BCUT2D eigenvalue weighted by Crippen LogP contribution is 2.22. The average Bonchev–Trinajstić information content (AvgIpc) is 3.14. The molecule has 0 fully saturated rings. The van der Waals surface area contributed by atoms with Crippen molar-refractivity contribution in [3.05, 3.63) is 34.2 Å². The first-order valence-electron chi connectivity index (χ1n) is 7.61. The Bertz CT molecular complexity index is 754. The van der Waals surface area contributed by atoms with Gasteiger partial charge in [0.25, 0.3) is 5.91 Å². The number of nitrogens with zero attached hydrogens (tertiary/aromatic N) is 2. The van der Waals surface area contributed by atoms with Crippen molar-refractivity contribution in [3.8, 4) is 0 Å². The molecule has 0 aromatic carbocycles. The predicted molar refractivity (Wildman–Crippen MR) is 93.0 cm³/mol. The van der Waals surface area contributed by atoms with Gasteiger partial charge >= 0.3 is 5.97 Å². The highest BCUT2D eigenvalue weighted by Gasteiger charge is 2.20. The Morgan fingerprint density at radius 2 is 2.16 bits per heavy atom. The summed E-state index contributed by atoms with van der Waals surface area (Å²) in [4.78, 5) is 36.0. The third kappa shape index (κ3) is 5.71. The second kappa shape index (κ2) is 8.43. The molecule has 8 nitrogen and oxygen atoms in total. The number of carbonyl (C=O) groups is 3. The first-order chi connectivity index (χ1) is 11.8. The van der Waals surface area contributed by atoms with Crippen molar-refractivity contribution < 1.29 is 19.1 Å². The van der Waals surface area contributed by atoms with Gasteiger partial charge in [-0.15, -0.1) is 11.3 Å². The van der Waals surface area contributed by atoms with Crippen LogP contribution in [0.2, 0.25) is 0 Å². The van der Waals surface area contributed by atoms with Crippen LogP contribution in [-0.4, -0.2) is 34.2 Å². The van der Waals surface area contributed by atoms with Crippen LogP contribution >= 0.6 is 11.3 Å². The zero-order valence-electron chi connectivity index (χ0n) is 14.2. The maximum atomic E-state index is 12.0. The number of anilines is 1. The summed E-state index contributed by atoms with van der Waals surface area (Å²) in [7, 11) is 1.70. The van der Waals surface area contributed by atoms with E-state index < -0.39 is 24.5 Å². The quantitative estimate of drug-likeness (QED) is 0.726. The number of hydrogen-bond acceptors (Lipinski definition) is 6.